The lowest BCUT2D eigenvalue weighted by Crippen LogP contribution is -2.39. The molecule has 0 fully saturated rings. The van der Waals surface area contributed by atoms with Crippen LogP contribution in [0.2, 0.25) is 0 Å². The molecular formula is C20H14F6N4O3S. The summed E-state index contributed by atoms with van der Waals surface area (Å²) in [5.41, 5.74) is -2.61. The third-order valence-electron chi connectivity index (χ3n) is 4.89. The first-order chi connectivity index (χ1) is 15.8. The van der Waals surface area contributed by atoms with Crippen molar-refractivity contribution < 1.29 is 39.2 Å². The molecule has 0 aliphatic carbocycles. The molecule has 0 atom stereocenters. The van der Waals surface area contributed by atoms with E-state index in [4.69, 9.17) is 9.83 Å². The number of fused-ring (bicyclic) bond motifs is 1. The molecule has 1 aromatic heterocycles. The van der Waals surface area contributed by atoms with E-state index in [9.17, 15) is 34.8 Å². The second-order valence-corrected chi connectivity index (χ2v) is 8.85. The fourth-order valence-electron chi connectivity index (χ4n) is 3.23. The van der Waals surface area contributed by atoms with Crippen LogP contribution in [0, 0.1) is 5.41 Å². The summed E-state index contributed by atoms with van der Waals surface area (Å²) in [5.74, 6) is 0.532. The number of hydrogen-bond donors (Lipinski definition) is 3. The third kappa shape index (κ3) is 4.53. The Labute approximate surface area is 188 Å². The van der Waals surface area contributed by atoms with E-state index < -0.39 is 38.4 Å². The summed E-state index contributed by atoms with van der Waals surface area (Å²) >= 11 is 0. The zero-order chi connectivity index (χ0) is 24.9. The second kappa shape index (κ2) is 7.97. The van der Waals surface area contributed by atoms with Gasteiger partial charge in [0, 0.05) is 11.4 Å². The Kier molecular flexibility index (Phi) is 5.50. The Hall–Kier alpha value is -3.68. The molecule has 0 saturated carbocycles. The number of nitrogens with one attached hydrogen (secondary N) is 3. The van der Waals surface area contributed by atoms with Crippen molar-refractivity contribution in [2.45, 2.75) is 17.2 Å². The van der Waals surface area contributed by atoms with E-state index in [0.717, 1.165) is 0 Å². The van der Waals surface area contributed by atoms with Crippen LogP contribution in [0.5, 0.6) is 0 Å². The normalized spacial score (nSPS) is 14.5. The van der Waals surface area contributed by atoms with E-state index >= 15 is 0 Å². The van der Waals surface area contributed by atoms with E-state index in [-0.39, 0.29) is 36.4 Å². The van der Waals surface area contributed by atoms with E-state index in [1.54, 1.807) is 11.0 Å². The van der Waals surface area contributed by atoms with Crippen LogP contribution in [-0.4, -0.2) is 20.9 Å². The number of halogens is 6. The molecule has 1 aliphatic heterocycles. The molecule has 0 bridgehead atoms. The summed E-state index contributed by atoms with van der Waals surface area (Å²) in [7, 11) is -4.79. The highest BCUT2D eigenvalue weighted by atomic mass is 32.2. The topological polar surface area (TPSA) is 98.4 Å². The minimum atomic E-state index is -5.19. The van der Waals surface area contributed by atoms with Gasteiger partial charge in [-0.3, -0.25) is 10.1 Å². The highest BCUT2D eigenvalue weighted by Crippen LogP contribution is 2.37. The number of furan rings is 1. The van der Waals surface area contributed by atoms with Gasteiger partial charge in [-0.15, -0.1) is 0 Å². The number of amidine groups is 1. The second-order valence-electron chi connectivity index (χ2n) is 7.17. The highest BCUT2D eigenvalue weighted by Gasteiger charge is 2.38. The molecule has 3 aromatic rings. The average molecular weight is 504 g/mol. The van der Waals surface area contributed by atoms with Gasteiger partial charge in [0.05, 0.1) is 34.5 Å². The molecule has 0 radical (unpaired) electrons. The molecule has 180 valence electrons. The van der Waals surface area contributed by atoms with Crippen LogP contribution < -0.4 is 14.9 Å². The number of nitrogens with zero attached hydrogens (tertiary/aromatic N) is 1. The van der Waals surface area contributed by atoms with E-state index in [1.165, 1.54) is 30.5 Å². The van der Waals surface area contributed by atoms with Crippen molar-refractivity contribution in [2.75, 3.05) is 21.6 Å². The number of alkyl halides is 6. The van der Waals surface area contributed by atoms with E-state index in [1.807, 2.05) is 4.72 Å². The van der Waals surface area contributed by atoms with Gasteiger partial charge in [-0.1, -0.05) is 0 Å². The van der Waals surface area contributed by atoms with Crippen LogP contribution in [0.25, 0.3) is 0 Å². The van der Waals surface area contributed by atoms with Gasteiger partial charge in [0.25, 0.3) is 10.0 Å². The largest absolute Gasteiger partial charge is 0.448 e. The predicted molar refractivity (Wildman–Crippen MR) is 110 cm³/mol. The average Bonchev–Trinajstić information content (AvgIpc) is 3.23. The van der Waals surface area contributed by atoms with Gasteiger partial charge in [-0.25, -0.2) is 8.42 Å². The van der Waals surface area contributed by atoms with Crippen LogP contribution >= 0.6 is 0 Å². The van der Waals surface area contributed by atoms with Gasteiger partial charge in [0.15, 0.2) is 0 Å². The summed E-state index contributed by atoms with van der Waals surface area (Å²) in [4.78, 5) is 0.353. The monoisotopic (exact) mass is 504 g/mol. The Morgan fingerprint density at radius 3 is 2.09 bits per heavy atom. The number of benzene rings is 2. The van der Waals surface area contributed by atoms with Gasteiger partial charge in [0.2, 0.25) is 5.88 Å². The first-order valence-corrected chi connectivity index (χ1v) is 10.8. The molecule has 4 rings (SSSR count). The molecule has 0 unspecified atom stereocenters. The molecule has 2 aromatic carbocycles. The Morgan fingerprint density at radius 1 is 0.941 bits per heavy atom. The van der Waals surface area contributed by atoms with Crippen molar-refractivity contribution in [3.05, 3.63) is 71.5 Å². The standard InChI is InChI=1S/C20H14F6N4O3S/c21-19(22,23)11-7-12(20(24,25)26)9-15(8-11)34(31,32)29-13-1-3-14(4-2-13)30-10-28-18-16(17(30)27)5-6-33-18/h1-9,27-29H,10H2. The quantitative estimate of drug-likeness (QED) is 0.417. The fraction of sp³-hybridized carbons (Fsp3) is 0.150. The Balaban J connectivity index is 1.60. The molecule has 0 amide bonds. The zero-order valence-corrected chi connectivity index (χ0v) is 17.6. The zero-order valence-electron chi connectivity index (χ0n) is 16.8. The maximum absolute atomic E-state index is 13.1. The number of anilines is 3. The van der Waals surface area contributed by atoms with Gasteiger partial charge in [-0.05, 0) is 48.5 Å². The molecule has 1 aliphatic rings. The van der Waals surface area contributed by atoms with Gasteiger partial charge >= 0.3 is 12.4 Å². The summed E-state index contributed by atoms with van der Waals surface area (Å²) < 4.78 is 111. The molecule has 2 heterocycles. The molecule has 0 spiro atoms. The van der Waals surface area contributed by atoms with Crippen molar-refractivity contribution >= 4 is 33.1 Å². The number of hydrogen-bond acceptors (Lipinski definition) is 5. The lowest BCUT2D eigenvalue weighted by atomic mass is 10.1. The molecule has 34 heavy (non-hydrogen) atoms. The summed E-state index contributed by atoms with van der Waals surface area (Å²) in [5, 5.41) is 11.2. The van der Waals surface area contributed by atoms with E-state index in [0.29, 0.717) is 17.1 Å². The Bertz CT molecular complexity index is 1320. The summed E-state index contributed by atoms with van der Waals surface area (Å²) in [6.07, 6.45) is -8.96. The summed E-state index contributed by atoms with van der Waals surface area (Å²) in [6, 6.07) is 7.11. The molecule has 14 heteroatoms. The van der Waals surface area contributed by atoms with Crippen molar-refractivity contribution in [3.8, 4) is 0 Å². The first-order valence-electron chi connectivity index (χ1n) is 9.36. The third-order valence-corrected chi connectivity index (χ3v) is 6.25. The lowest BCUT2D eigenvalue weighted by Gasteiger charge is -2.29. The van der Waals surface area contributed by atoms with Crippen LogP contribution in [0.3, 0.4) is 0 Å². The Morgan fingerprint density at radius 2 is 1.53 bits per heavy atom. The van der Waals surface area contributed by atoms with Gasteiger partial charge < -0.3 is 14.6 Å². The number of rotatable bonds is 4. The van der Waals surface area contributed by atoms with E-state index in [2.05, 4.69) is 5.32 Å². The summed E-state index contributed by atoms with van der Waals surface area (Å²) in [6.45, 7) is 0.175. The lowest BCUT2D eigenvalue weighted by molar-refractivity contribution is -0.143. The van der Waals surface area contributed by atoms with Crippen LogP contribution in [0.15, 0.2) is 64.1 Å². The highest BCUT2D eigenvalue weighted by molar-refractivity contribution is 7.92. The van der Waals surface area contributed by atoms with Crippen LogP contribution in [-0.2, 0) is 22.4 Å². The maximum Gasteiger partial charge on any atom is 0.416 e. The number of sulfonamides is 1. The predicted octanol–water partition coefficient (Wildman–Crippen LogP) is 5.33. The maximum atomic E-state index is 13.1. The smallest absolute Gasteiger partial charge is 0.416 e. The first kappa shape index (κ1) is 23.5. The van der Waals surface area contributed by atoms with Crippen molar-refractivity contribution in [3.63, 3.8) is 0 Å². The SMILES string of the molecule is N=C1c2ccoc2NCN1c1ccc(NS(=O)(=O)c2cc(C(F)(F)F)cc(C(F)(F)F)c2)cc1. The molecule has 0 saturated heterocycles. The van der Waals surface area contributed by atoms with Crippen molar-refractivity contribution in [1.82, 2.24) is 0 Å². The minimum absolute atomic E-state index is 0.102. The molecule has 3 N–H and O–H groups in total. The van der Waals surface area contributed by atoms with Gasteiger partial charge in [-0.2, -0.15) is 26.3 Å². The van der Waals surface area contributed by atoms with Crippen molar-refractivity contribution in [1.29, 1.82) is 5.41 Å². The van der Waals surface area contributed by atoms with Gasteiger partial charge in [0.1, 0.15) is 5.84 Å². The fourth-order valence-corrected chi connectivity index (χ4v) is 4.36. The van der Waals surface area contributed by atoms with Crippen LogP contribution in [0.4, 0.5) is 43.6 Å². The minimum Gasteiger partial charge on any atom is -0.448 e. The van der Waals surface area contributed by atoms with Crippen molar-refractivity contribution in [2.24, 2.45) is 0 Å². The molecule has 7 nitrogen and oxygen atoms in total. The molecular weight excluding hydrogens is 490 g/mol. The van der Waals surface area contributed by atoms with Crippen LogP contribution in [0.1, 0.15) is 16.7 Å².